The number of ether oxygens (including phenoxy) is 2. The zero-order valence-electron chi connectivity index (χ0n) is 14.5. The summed E-state index contributed by atoms with van der Waals surface area (Å²) in [6.45, 7) is 0. The molecule has 0 aromatic heterocycles. The van der Waals surface area contributed by atoms with Crippen LogP contribution in [0.3, 0.4) is 0 Å². The van der Waals surface area contributed by atoms with Gasteiger partial charge in [0, 0.05) is 11.8 Å². The first-order valence-corrected chi connectivity index (χ1v) is 8.91. The standard InChI is InChI=1S/C18H27NO5/c1-23-15(20)4-3-14(16(21)24-2)19-17(22)18-8-11-5-12(9-18)7-13(6-11)10-18/h11-14H,3-10H2,1-2H3,(H,19,22). The number of hydrogen-bond acceptors (Lipinski definition) is 5. The third-order valence-corrected chi connectivity index (χ3v) is 6.18. The number of carbonyl (C=O) groups is 3. The lowest BCUT2D eigenvalue weighted by atomic mass is 9.49. The molecule has 1 atom stereocenters. The highest BCUT2D eigenvalue weighted by Crippen LogP contribution is 2.60. The highest BCUT2D eigenvalue weighted by molar-refractivity contribution is 5.88. The molecule has 1 amide bonds. The summed E-state index contributed by atoms with van der Waals surface area (Å²) in [7, 11) is 2.61. The van der Waals surface area contributed by atoms with Crippen molar-refractivity contribution in [3.63, 3.8) is 0 Å². The van der Waals surface area contributed by atoms with Crippen LogP contribution in [0, 0.1) is 23.2 Å². The Morgan fingerprint density at radius 1 is 1.00 bits per heavy atom. The molecule has 134 valence electrons. The molecule has 0 aromatic carbocycles. The van der Waals surface area contributed by atoms with Gasteiger partial charge < -0.3 is 14.8 Å². The molecule has 0 spiro atoms. The van der Waals surface area contributed by atoms with Gasteiger partial charge in [0.05, 0.1) is 14.2 Å². The fourth-order valence-corrected chi connectivity index (χ4v) is 5.46. The maximum atomic E-state index is 13.0. The van der Waals surface area contributed by atoms with E-state index in [4.69, 9.17) is 4.74 Å². The van der Waals surface area contributed by atoms with Gasteiger partial charge in [0.2, 0.25) is 5.91 Å². The summed E-state index contributed by atoms with van der Waals surface area (Å²) >= 11 is 0. The Hall–Kier alpha value is -1.59. The van der Waals surface area contributed by atoms with E-state index < -0.39 is 18.0 Å². The van der Waals surface area contributed by atoms with Gasteiger partial charge in [0.25, 0.3) is 0 Å². The summed E-state index contributed by atoms with van der Waals surface area (Å²) in [4.78, 5) is 36.3. The molecule has 4 rings (SSSR count). The van der Waals surface area contributed by atoms with Gasteiger partial charge >= 0.3 is 11.9 Å². The molecule has 0 aromatic rings. The van der Waals surface area contributed by atoms with Crippen LogP contribution in [0.1, 0.15) is 51.4 Å². The van der Waals surface area contributed by atoms with E-state index >= 15 is 0 Å². The van der Waals surface area contributed by atoms with E-state index in [1.54, 1.807) is 0 Å². The highest BCUT2D eigenvalue weighted by atomic mass is 16.5. The molecule has 6 nitrogen and oxygen atoms in total. The van der Waals surface area contributed by atoms with E-state index in [2.05, 4.69) is 10.1 Å². The molecule has 0 heterocycles. The van der Waals surface area contributed by atoms with E-state index in [0.29, 0.717) is 17.8 Å². The van der Waals surface area contributed by atoms with Crippen molar-refractivity contribution < 1.29 is 23.9 Å². The molecule has 24 heavy (non-hydrogen) atoms. The van der Waals surface area contributed by atoms with Gasteiger partial charge in [-0.15, -0.1) is 0 Å². The quantitative estimate of drug-likeness (QED) is 0.748. The van der Waals surface area contributed by atoms with E-state index in [9.17, 15) is 14.4 Å². The summed E-state index contributed by atoms with van der Waals surface area (Å²) in [5.74, 6) is 1.06. The second-order valence-electron chi connectivity index (χ2n) is 7.86. The molecule has 4 aliphatic rings. The van der Waals surface area contributed by atoms with Crippen LogP contribution >= 0.6 is 0 Å². The number of hydrogen-bond donors (Lipinski definition) is 1. The molecule has 0 saturated heterocycles. The maximum Gasteiger partial charge on any atom is 0.328 e. The molecule has 0 aliphatic heterocycles. The second kappa shape index (κ2) is 6.73. The normalized spacial score (nSPS) is 34.5. The molecule has 1 unspecified atom stereocenters. The van der Waals surface area contributed by atoms with Crippen molar-refractivity contribution in [3.8, 4) is 0 Å². The lowest BCUT2D eigenvalue weighted by Gasteiger charge is -2.55. The van der Waals surface area contributed by atoms with Crippen LogP contribution in [0.25, 0.3) is 0 Å². The number of esters is 2. The fraction of sp³-hybridized carbons (Fsp3) is 0.833. The van der Waals surface area contributed by atoms with E-state index in [1.807, 2.05) is 0 Å². The Balaban J connectivity index is 1.66. The van der Waals surface area contributed by atoms with Crippen LogP contribution in [0.15, 0.2) is 0 Å². The summed E-state index contributed by atoms with van der Waals surface area (Å²) in [6.07, 6.45) is 6.88. The Bertz CT molecular complexity index is 494. The van der Waals surface area contributed by atoms with Crippen LogP contribution in [0.5, 0.6) is 0 Å². The first kappa shape index (κ1) is 17.2. The smallest absolute Gasteiger partial charge is 0.328 e. The van der Waals surface area contributed by atoms with Crippen molar-refractivity contribution in [2.45, 2.75) is 57.4 Å². The molecule has 4 aliphatic carbocycles. The van der Waals surface area contributed by atoms with Crippen LogP contribution < -0.4 is 5.32 Å². The molecule has 1 N–H and O–H groups in total. The molecular formula is C18H27NO5. The average molecular weight is 337 g/mol. The fourth-order valence-electron chi connectivity index (χ4n) is 5.46. The third-order valence-electron chi connectivity index (χ3n) is 6.18. The van der Waals surface area contributed by atoms with Crippen molar-refractivity contribution in [1.82, 2.24) is 5.32 Å². The van der Waals surface area contributed by atoms with E-state index in [1.165, 1.54) is 33.5 Å². The third kappa shape index (κ3) is 3.28. The molecule has 6 heteroatoms. The van der Waals surface area contributed by atoms with Gasteiger partial charge in [-0.25, -0.2) is 4.79 Å². The van der Waals surface area contributed by atoms with Crippen LogP contribution in [-0.4, -0.2) is 38.1 Å². The monoisotopic (exact) mass is 337 g/mol. The van der Waals surface area contributed by atoms with Crippen molar-refractivity contribution >= 4 is 17.8 Å². The Morgan fingerprint density at radius 3 is 2.00 bits per heavy atom. The Kier molecular flexibility index (Phi) is 4.83. The first-order chi connectivity index (χ1) is 11.5. The summed E-state index contributed by atoms with van der Waals surface area (Å²) in [5, 5.41) is 2.88. The molecule has 4 saturated carbocycles. The zero-order valence-corrected chi connectivity index (χ0v) is 14.5. The minimum absolute atomic E-state index is 0.0261. The minimum atomic E-state index is -0.783. The van der Waals surface area contributed by atoms with Gasteiger partial charge in [-0.1, -0.05) is 0 Å². The average Bonchev–Trinajstić information content (AvgIpc) is 2.56. The highest BCUT2D eigenvalue weighted by Gasteiger charge is 2.54. The lowest BCUT2D eigenvalue weighted by Crippen LogP contribution is -2.56. The SMILES string of the molecule is COC(=O)CCC(NC(=O)C12CC3CC(CC(C3)C1)C2)C(=O)OC. The number of nitrogens with one attached hydrogen (secondary N) is 1. The number of amides is 1. The van der Waals surface area contributed by atoms with Crippen LogP contribution in [0.2, 0.25) is 0 Å². The van der Waals surface area contributed by atoms with Gasteiger partial charge in [-0.2, -0.15) is 0 Å². The van der Waals surface area contributed by atoms with Crippen molar-refractivity contribution in [2.75, 3.05) is 14.2 Å². The Morgan fingerprint density at radius 2 is 1.54 bits per heavy atom. The number of rotatable bonds is 6. The first-order valence-electron chi connectivity index (χ1n) is 8.91. The summed E-state index contributed by atoms with van der Waals surface area (Å²) in [6, 6.07) is -0.783. The van der Waals surface area contributed by atoms with Crippen molar-refractivity contribution in [2.24, 2.45) is 23.2 Å². The zero-order chi connectivity index (χ0) is 17.3. The van der Waals surface area contributed by atoms with Gasteiger partial charge in [-0.05, 0) is 62.7 Å². The van der Waals surface area contributed by atoms with Gasteiger partial charge in [0.1, 0.15) is 6.04 Å². The lowest BCUT2D eigenvalue weighted by molar-refractivity contribution is -0.153. The predicted octanol–water partition coefficient (Wildman–Crippen LogP) is 1.81. The topological polar surface area (TPSA) is 81.7 Å². The minimum Gasteiger partial charge on any atom is -0.469 e. The Labute approximate surface area is 142 Å². The predicted molar refractivity (Wildman–Crippen MR) is 85.8 cm³/mol. The number of carbonyl (C=O) groups excluding carboxylic acids is 3. The summed E-state index contributed by atoms with van der Waals surface area (Å²) < 4.78 is 9.41. The number of methoxy groups -OCH3 is 2. The van der Waals surface area contributed by atoms with Gasteiger partial charge in [-0.3, -0.25) is 9.59 Å². The van der Waals surface area contributed by atoms with E-state index in [-0.39, 0.29) is 24.2 Å². The van der Waals surface area contributed by atoms with Gasteiger partial charge in [0.15, 0.2) is 0 Å². The van der Waals surface area contributed by atoms with Crippen LogP contribution in [-0.2, 0) is 23.9 Å². The summed E-state index contributed by atoms with van der Waals surface area (Å²) in [5.41, 5.74) is -0.313. The van der Waals surface area contributed by atoms with E-state index in [0.717, 1.165) is 19.3 Å². The largest absolute Gasteiger partial charge is 0.469 e. The molecule has 4 fully saturated rings. The maximum absolute atomic E-state index is 13.0. The van der Waals surface area contributed by atoms with Crippen molar-refractivity contribution in [3.05, 3.63) is 0 Å². The van der Waals surface area contributed by atoms with Crippen LogP contribution in [0.4, 0.5) is 0 Å². The molecule has 4 bridgehead atoms. The second-order valence-corrected chi connectivity index (χ2v) is 7.86. The molecular weight excluding hydrogens is 310 g/mol. The van der Waals surface area contributed by atoms with Crippen molar-refractivity contribution in [1.29, 1.82) is 0 Å². The molecule has 0 radical (unpaired) electrons.